The highest BCUT2D eigenvalue weighted by atomic mass is 32.1. The van der Waals surface area contributed by atoms with Crippen molar-refractivity contribution in [3.63, 3.8) is 0 Å². The molecule has 1 heterocycles. The summed E-state index contributed by atoms with van der Waals surface area (Å²) >= 11 is 1.14. The number of aromatic carboxylic acids is 1. The fraction of sp³-hybridized carbons (Fsp3) is 0.222. The number of hydrogen-bond acceptors (Lipinski definition) is 3. The van der Waals surface area contributed by atoms with Gasteiger partial charge in [-0.2, -0.15) is 0 Å². The van der Waals surface area contributed by atoms with Crippen LogP contribution in [0.25, 0.3) is 0 Å². The van der Waals surface area contributed by atoms with Crippen LogP contribution < -0.4 is 4.74 Å². The van der Waals surface area contributed by atoms with E-state index >= 15 is 0 Å². The maximum atomic E-state index is 10.6. The summed E-state index contributed by atoms with van der Waals surface area (Å²) in [6, 6.07) is 1.63. The topological polar surface area (TPSA) is 46.5 Å². The van der Waals surface area contributed by atoms with Gasteiger partial charge in [0, 0.05) is 6.42 Å². The molecule has 0 radical (unpaired) electrons. The monoisotopic (exact) mass is 196 g/mol. The van der Waals surface area contributed by atoms with Gasteiger partial charge in [-0.05, 0) is 11.4 Å². The number of carboxylic acids is 1. The zero-order valence-corrected chi connectivity index (χ0v) is 7.63. The van der Waals surface area contributed by atoms with E-state index in [4.69, 9.17) is 16.3 Å². The normalized spacial score (nSPS) is 9.15. The smallest absolute Gasteiger partial charge is 0.349 e. The van der Waals surface area contributed by atoms with Crippen LogP contribution in [-0.2, 0) is 0 Å². The van der Waals surface area contributed by atoms with E-state index in [2.05, 4.69) is 5.92 Å². The Morgan fingerprint density at radius 3 is 3.15 bits per heavy atom. The minimum absolute atomic E-state index is 0.219. The molecule has 3 nitrogen and oxygen atoms in total. The first-order valence-corrected chi connectivity index (χ1v) is 4.50. The van der Waals surface area contributed by atoms with E-state index in [9.17, 15) is 4.79 Å². The van der Waals surface area contributed by atoms with E-state index in [-0.39, 0.29) is 4.88 Å². The number of carbonyl (C=O) groups is 1. The van der Waals surface area contributed by atoms with Gasteiger partial charge in [-0.15, -0.1) is 23.7 Å². The fourth-order valence-corrected chi connectivity index (χ4v) is 1.46. The average Bonchev–Trinajstić information content (AvgIpc) is 2.53. The van der Waals surface area contributed by atoms with Crippen LogP contribution in [-0.4, -0.2) is 17.7 Å². The zero-order valence-electron chi connectivity index (χ0n) is 6.82. The van der Waals surface area contributed by atoms with E-state index in [1.54, 1.807) is 11.4 Å². The summed E-state index contributed by atoms with van der Waals surface area (Å²) in [5.74, 6) is 1.84. The molecule has 0 saturated heterocycles. The van der Waals surface area contributed by atoms with Crippen LogP contribution in [0, 0.1) is 12.3 Å². The molecule has 4 heteroatoms. The molecule has 1 aromatic heterocycles. The summed E-state index contributed by atoms with van der Waals surface area (Å²) in [4.78, 5) is 10.8. The van der Waals surface area contributed by atoms with Crippen LogP contribution in [0.2, 0.25) is 0 Å². The number of rotatable bonds is 4. The van der Waals surface area contributed by atoms with Crippen LogP contribution >= 0.6 is 11.3 Å². The molecule has 68 valence electrons. The molecule has 1 rings (SSSR count). The lowest BCUT2D eigenvalue weighted by atomic mass is 10.4. The molecule has 0 unspecified atom stereocenters. The molecular formula is C9H8O3S. The second-order valence-corrected chi connectivity index (χ2v) is 3.14. The van der Waals surface area contributed by atoms with Crippen LogP contribution in [0.1, 0.15) is 16.1 Å². The predicted octanol–water partition coefficient (Wildman–Crippen LogP) is 1.85. The van der Waals surface area contributed by atoms with Crippen molar-refractivity contribution in [2.75, 3.05) is 6.61 Å². The van der Waals surface area contributed by atoms with Crippen molar-refractivity contribution in [2.45, 2.75) is 6.42 Å². The zero-order chi connectivity index (χ0) is 9.68. The van der Waals surface area contributed by atoms with Crippen LogP contribution in [0.3, 0.4) is 0 Å². The van der Waals surface area contributed by atoms with Crippen LogP contribution in [0.15, 0.2) is 11.4 Å². The molecule has 0 atom stereocenters. The summed E-state index contributed by atoms with van der Waals surface area (Å²) in [7, 11) is 0. The lowest BCUT2D eigenvalue weighted by Gasteiger charge is -2.01. The van der Waals surface area contributed by atoms with Crippen molar-refractivity contribution in [3.05, 3.63) is 16.3 Å². The highest BCUT2D eigenvalue weighted by Gasteiger charge is 2.11. The standard InChI is InChI=1S/C9H8O3S/c1-2-3-5-12-7-4-6-13-8(7)9(10)11/h1,4,6H,3,5H2,(H,10,11). The SMILES string of the molecule is C#CCCOc1ccsc1C(=O)O. The molecule has 0 fully saturated rings. The van der Waals surface area contributed by atoms with Gasteiger partial charge in [0.15, 0.2) is 4.88 Å². The minimum Gasteiger partial charge on any atom is -0.491 e. The van der Waals surface area contributed by atoms with E-state index in [1.807, 2.05) is 0 Å². The Morgan fingerprint density at radius 1 is 1.77 bits per heavy atom. The Kier molecular flexibility index (Phi) is 3.35. The van der Waals surface area contributed by atoms with Gasteiger partial charge in [0.25, 0.3) is 0 Å². The van der Waals surface area contributed by atoms with Crippen LogP contribution in [0.5, 0.6) is 5.75 Å². The van der Waals surface area contributed by atoms with Gasteiger partial charge in [-0.3, -0.25) is 0 Å². The number of terminal acetylenes is 1. The molecule has 13 heavy (non-hydrogen) atoms. The van der Waals surface area contributed by atoms with Crippen molar-refractivity contribution in [3.8, 4) is 18.1 Å². The van der Waals surface area contributed by atoms with Gasteiger partial charge < -0.3 is 9.84 Å². The average molecular weight is 196 g/mol. The Labute approximate surface area is 80.0 Å². The molecule has 1 N–H and O–H groups in total. The van der Waals surface area contributed by atoms with Crippen molar-refractivity contribution >= 4 is 17.3 Å². The molecular weight excluding hydrogens is 188 g/mol. The molecule has 0 saturated carbocycles. The lowest BCUT2D eigenvalue weighted by Crippen LogP contribution is -2.00. The van der Waals surface area contributed by atoms with Gasteiger partial charge in [-0.1, -0.05) is 0 Å². The Morgan fingerprint density at radius 2 is 2.54 bits per heavy atom. The quantitative estimate of drug-likeness (QED) is 0.590. The fourth-order valence-electron chi connectivity index (χ4n) is 0.787. The molecule has 0 bridgehead atoms. The Hall–Kier alpha value is -1.47. The number of ether oxygens (including phenoxy) is 1. The van der Waals surface area contributed by atoms with Gasteiger partial charge in [0.2, 0.25) is 0 Å². The lowest BCUT2D eigenvalue weighted by molar-refractivity contribution is 0.0698. The first-order valence-electron chi connectivity index (χ1n) is 3.62. The second kappa shape index (κ2) is 4.53. The van der Waals surface area contributed by atoms with Gasteiger partial charge >= 0.3 is 5.97 Å². The first kappa shape index (κ1) is 9.62. The summed E-state index contributed by atoms with van der Waals surface area (Å²) < 4.78 is 5.17. The third kappa shape index (κ3) is 2.49. The van der Waals surface area contributed by atoms with Crippen molar-refractivity contribution < 1.29 is 14.6 Å². The molecule has 0 aliphatic rings. The molecule has 0 aromatic carbocycles. The maximum Gasteiger partial charge on any atom is 0.349 e. The highest BCUT2D eigenvalue weighted by Crippen LogP contribution is 2.24. The van der Waals surface area contributed by atoms with Crippen molar-refractivity contribution in [1.29, 1.82) is 0 Å². The number of hydrogen-bond donors (Lipinski definition) is 1. The summed E-state index contributed by atoms with van der Waals surface area (Å²) in [6.45, 7) is 0.355. The van der Waals surface area contributed by atoms with E-state index in [1.165, 1.54) is 0 Å². The number of thiophene rings is 1. The third-order valence-corrected chi connectivity index (χ3v) is 2.21. The summed E-state index contributed by atoms with van der Waals surface area (Å²) in [5, 5.41) is 10.4. The molecule has 0 amide bonds. The minimum atomic E-state index is -0.967. The Bertz CT molecular complexity index is 335. The second-order valence-electron chi connectivity index (χ2n) is 2.22. The van der Waals surface area contributed by atoms with E-state index < -0.39 is 5.97 Å². The van der Waals surface area contributed by atoms with Crippen molar-refractivity contribution in [1.82, 2.24) is 0 Å². The largest absolute Gasteiger partial charge is 0.491 e. The van der Waals surface area contributed by atoms with Gasteiger partial charge in [-0.25, -0.2) is 4.79 Å². The van der Waals surface area contributed by atoms with Crippen molar-refractivity contribution in [2.24, 2.45) is 0 Å². The van der Waals surface area contributed by atoms with E-state index in [0.717, 1.165) is 11.3 Å². The molecule has 1 aromatic rings. The predicted molar refractivity (Wildman–Crippen MR) is 50.2 cm³/mol. The number of carboxylic acid groups (broad SMARTS) is 1. The van der Waals surface area contributed by atoms with Gasteiger partial charge in [0.1, 0.15) is 5.75 Å². The third-order valence-electron chi connectivity index (χ3n) is 1.33. The summed E-state index contributed by atoms with van der Waals surface area (Å²) in [6.07, 6.45) is 5.50. The Balaban J connectivity index is 2.61. The first-order chi connectivity index (χ1) is 6.25. The molecule has 0 aliphatic heterocycles. The van der Waals surface area contributed by atoms with Gasteiger partial charge in [0.05, 0.1) is 6.61 Å². The van der Waals surface area contributed by atoms with E-state index in [0.29, 0.717) is 18.8 Å². The maximum absolute atomic E-state index is 10.6. The van der Waals surface area contributed by atoms with Crippen LogP contribution in [0.4, 0.5) is 0 Å². The molecule has 0 spiro atoms. The summed E-state index contributed by atoms with van der Waals surface area (Å²) in [5.41, 5.74) is 0. The highest BCUT2D eigenvalue weighted by molar-refractivity contribution is 7.12. The molecule has 0 aliphatic carbocycles.